The summed E-state index contributed by atoms with van der Waals surface area (Å²) in [6.45, 7) is 5.19. The van der Waals surface area contributed by atoms with Gasteiger partial charge >= 0.3 is 5.97 Å². The van der Waals surface area contributed by atoms with Gasteiger partial charge in [0.25, 0.3) is 0 Å². The monoisotopic (exact) mass is 322 g/mol. The van der Waals surface area contributed by atoms with Crippen molar-refractivity contribution >= 4 is 16.9 Å². The van der Waals surface area contributed by atoms with Crippen LogP contribution >= 0.6 is 0 Å². The fraction of sp³-hybridized carbons (Fsp3) is 0.300. The number of para-hydroxylation sites is 1. The normalized spacial score (nSPS) is 11.1. The number of hydrogen-bond acceptors (Lipinski definition) is 2. The van der Waals surface area contributed by atoms with Crippen LogP contribution in [0.4, 0.5) is 0 Å². The highest BCUT2D eigenvalue weighted by Crippen LogP contribution is 2.35. The van der Waals surface area contributed by atoms with Crippen molar-refractivity contribution in [3.63, 3.8) is 0 Å². The molecule has 0 fully saturated rings. The maximum atomic E-state index is 11.6. The van der Waals surface area contributed by atoms with Crippen LogP contribution in [-0.2, 0) is 6.54 Å². The van der Waals surface area contributed by atoms with Crippen molar-refractivity contribution in [2.45, 2.75) is 39.7 Å². The third kappa shape index (κ3) is 2.80. The lowest BCUT2D eigenvalue weighted by atomic mass is 10.0. The van der Waals surface area contributed by atoms with Gasteiger partial charge in [-0.25, -0.2) is 4.79 Å². The molecule has 0 spiro atoms. The molecule has 0 bridgehead atoms. The fourth-order valence-electron chi connectivity index (χ4n) is 3.32. The number of aromatic carboxylic acids is 1. The molecule has 0 unspecified atom stereocenters. The summed E-state index contributed by atoms with van der Waals surface area (Å²) in [6, 6.07) is 11.5. The summed E-state index contributed by atoms with van der Waals surface area (Å²) in [7, 11) is 0. The van der Waals surface area contributed by atoms with Crippen LogP contribution in [0.1, 0.15) is 42.2 Å². The Hall–Kier alpha value is -2.62. The van der Waals surface area contributed by atoms with Crippen LogP contribution in [0.25, 0.3) is 22.2 Å². The van der Waals surface area contributed by atoms with E-state index in [4.69, 9.17) is 0 Å². The summed E-state index contributed by atoms with van der Waals surface area (Å²) < 4.78 is 2.29. The van der Waals surface area contributed by atoms with Crippen LogP contribution in [0.3, 0.4) is 0 Å². The molecule has 4 heteroatoms. The van der Waals surface area contributed by atoms with Crippen LogP contribution < -0.4 is 0 Å². The SMILES string of the molecule is CCCCCn1c(C)c(-c2ncccc2C(=O)O)c2ccccc21. The van der Waals surface area contributed by atoms with Gasteiger partial charge in [-0.05, 0) is 31.5 Å². The van der Waals surface area contributed by atoms with E-state index in [1.807, 2.05) is 18.2 Å². The highest BCUT2D eigenvalue weighted by atomic mass is 16.4. The highest BCUT2D eigenvalue weighted by molar-refractivity contribution is 6.03. The van der Waals surface area contributed by atoms with Gasteiger partial charge in [-0.1, -0.05) is 38.0 Å². The lowest BCUT2D eigenvalue weighted by molar-refractivity contribution is 0.0697. The summed E-state index contributed by atoms with van der Waals surface area (Å²) in [5.74, 6) is -0.944. The Morgan fingerprint density at radius 2 is 1.96 bits per heavy atom. The van der Waals surface area contributed by atoms with Crippen LogP contribution in [0.5, 0.6) is 0 Å². The first kappa shape index (κ1) is 16.2. The number of benzene rings is 1. The first-order valence-electron chi connectivity index (χ1n) is 8.41. The topological polar surface area (TPSA) is 55.1 Å². The van der Waals surface area contributed by atoms with Crippen molar-refractivity contribution < 1.29 is 9.90 Å². The van der Waals surface area contributed by atoms with Gasteiger partial charge in [-0.2, -0.15) is 0 Å². The van der Waals surface area contributed by atoms with E-state index in [0.29, 0.717) is 5.69 Å². The second kappa shape index (κ2) is 6.87. The van der Waals surface area contributed by atoms with Gasteiger partial charge in [0, 0.05) is 34.9 Å². The molecule has 2 heterocycles. The second-order valence-electron chi connectivity index (χ2n) is 6.04. The summed E-state index contributed by atoms with van der Waals surface area (Å²) in [4.78, 5) is 16.0. The molecule has 1 aromatic carbocycles. The zero-order valence-corrected chi connectivity index (χ0v) is 14.1. The Balaban J connectivity index is 2.22. The van der Waals surface area contributed by atoms with E-state index in [2.05, 4.69) is 29.5 Å². The molecule has 3 aromatic rings. The smallest absolute Gasteiger partial charge is 0.337 e. The number of rotatable bonds is 6. The third-order valence-electron chi connectivity index (χ3n) is 4.49. The molecule has 0 saturated heterocycles. The van der Waals surface area contributed by atoms with Crippen molar-refractivity contribution in [3.8, 4) is 11.3 Å². The summed E-state index contributed by atoms with van der Waals surface area (Å²) >= 11 is 0. The lowest BCUT2D eigenvalue weighted by Crippen LogP contribution is -2.03. The molecule has 1 N–H and O–H groups in total. The van der Waals surface area contributed by atoms with Crippen molar-refractivity contribution in [1.29, 1.82) is 0 Å². The van der Waals surface area contributed by atoms with Gasteiger partial charge in [0.15, 0.2) is 0 Å². The molecular weight excluding hydrogens is 300 g/mol. The molecule has 4 nitrogen and oxygen atoms in total. The van der Waals surface area contributed by atoms with E-state index in [9.17, 15) is 9.90 Å². The molecule has 0 radical (unpaired) electrons. The first-order chi connectivity index (χ1) is 11.6. The largest absolute Gasteiger partial charge is 0.478 e. The number of carboxylic acid groups (broad SMARTS) is 1. The van der Waals surface area contributed by atoms with Crippen LogP contribution in [0, 0.1) is 6.92 Å². The number of fused-ring (bicyclic) bond motifs is 1. The second-order valence-corrected chi connectivity index (χ2v) is 6.04. The number of carbonyl (C=O) groups is 1. The number of hydrogen-bond donors (Lipinski definition) is 1. The predicted octanol–water partition coefficient (Wildman–Crippen LogP) is 4.90. The minimum Gasteiger partial charge on any atom is -0.478 e. The van der Waals surface area contributed by atoms with E-state index in [-0.39, 0.29) is 5.56 Å². The van der Waals surface area contributed by atoms with Gasteiger partial charge in [-0.15, -0.1) is 0 Å². The zero-order chi connectivity index (χ0) is 17.1. The van der Waals surface area contributed by atoms with Crippen molar-refractivity contribution in [2.75, 3.05) is 0 Å². The van der Waals surface area contributed by atoms with Crippen LogP contribution in [0.2, 0.25) is 0 Å². The molecule has 0 amide bonds. The maximum Gasteiger partial charge on any atom is 0.337 e. The van der Waals surface area contributed by atoms with E-state index in [0.717, 1.165) is 35.1 Å². The van der Waals surface area contributed by atoms with Crippen molar-refractivity contribution in [2.24, 2.45) is 0 Å². The van der Waals surface area contributed by atoms with Gasteiger partial charge < -0.3 is 9.67 Å². The van der Waals surface area contributed by atoms with E-state index in [1.54, 1.807) is 18.3 Å². The van der Waals surface area contributed by atoms with Gasteiger partial charge in [0.1, 0.15) is 0 Å². The molecule has 24 heavy (non-hydrogen) atoms. The van der Waals surface area contributed by atoms with E-state index < -0.39 is 5.97 Å². The van der Waals surface area contributed by atoms with Gasteiger partial charge in [0.2, 0.25) is 0 Å². The minimum absolute atomic E-state index is 0.247. The van der Waals surface area contributed by atoms with Gasteiger partial charge in [-0.3, -0.25) is 4.98 Å². The summed E-state index contributed by atoms with van der Waals surface area (Å²) in [5, 5.41) is 10.6. The molecular formula is C20H22N2O2. The fourth-order valence-corrected chi connectivity index (χ4v) is 3.32. The third-order valence-corrected chi connectivity index (χ3v) is 4.49. The zero-order valence-electron chi connectivity index (χ0n) is 14.1. The standard InChI is InChI=1S/C20H22N2O2/c1-3-4-7-13-22-14(2)18(15-9-5-6-11-17(15)22)19-16(20(23)24)10-8-12-21-19/h5-6,8-12H,3-4,7,13H2,1-2H3,(H,23,24). The van der Waals surface area contributed by atoms with Gasteiger partial charge in [0.05, 0.1) is 11.3 Å². The van der Waals surface area contributed by atoms with E-state index in [1.165, 1.54) is 12.8 Å². The number of unbranched alkanes of at least 4 members (excludes halogenated alkanes) is 2. The lowest BCUT2D eigenvalue weighted by Gasteiger charge is -2.09. The number of aryl methyl sites for hydroxylation is 1. The first-order valence-corrected chi connectivity index (χ1v) is 8.41. The Bertz CT molecular complexity index is 880. The van der Waals surface area contributed by atoms with Crippen LogP contribution in [0.15, 0.2) is 42.6 Å². The molecule has 0 aliphatic carbocycles. The molecule has 3 rings (SSSR count). The Kier molecular flexibility index (Phi) is 4.65. The molecule has 0 atom stereocenters. The Morgan fingerprint density at radius 3 is 2.71 bits per heavy atom. The molecule has 2 aromatic heterocycles. The maximum absolute atomic E-state index is 11.6. The summed E-state index contributed by atoms with van der Waals surface area (Å²) in [5.41, 5.74) is 3.95. The molecule has 0 aliphatic heterocycles. The number of nitrogens with zero attached hydrogens (tertiary/aromatic N) is 2. The number of carboxylic acids is 1. The Labute approximate surface area is 141 Å². The minimum atomic E-state index is -0.944. The van der Waals surface area contributed by atoms with E-state index >= 15 is 0 Å². The molecule has 0 aliphatic rings. The number of aromatic nitrogens is 2. The average Bonchev–Trinajstić information content (AvgIpc) is 2.87. The highest BCUT2D eigenvalue weighted by Gasteiger charge is 2.20. The van der Waals surface area contributed by atoms with Crippen LogP contribution in [-0.4, -0.2) is 20.6 Å². The average molecular weight is 322 g/mol. The Morgan fingerprint density at radius 1 is 1.17 bits per heavy atom. The number of pyridine rings is 1. The quantitative estimate of drug-likeness (QED) is 0.657. The predicted molar refractivity (Wildman–Crippen MR) is 96.4 cm³/mol. The van der Waals surface area contributed by atoms with Crippen molar-refractivity contribution in [1.82, 2.24) is 9.55 Å². The molecule has 0 saturated carbocycles. The summed E-state index contributed by atoms with van der Waals surface area (Å²) in [6.07, 6.45) is 5.13. The van der Waals surface area contributed by atoms with Crippen molar-refractivity contribution in [3.05, 3.63) is 53.9 Å². The molecule has 124 valence electrons.